The van der Waals surface area contributed by atoms with E-state index in [0.29, 0.717) is 5.56 Å². The molecule has 0 radical (unpaired) electrons. The summed E-state index contributed by atoms with van der Waals surface area (Å²) in [5.74, 6) is -0.0793. The molecule has 90 valence electrons. The van der Waals surface area contributed by atoms with Crippen LogP contribution in [0.2, 0.25) is 0 Å². The Kier molecular flexibility index (Phi) is 4.35. The van der Waals surface area contributed by atoms with E-state index in [1.165, 1.54) is 6.92 Å². The van der Waals surface area contributed by atoms with E-state index in [1.54, 1.807) is 24.3 Å². The summed E-state index contributed by atoms with van der Waals surface area (Å²) in [4.78, 5) is 0. The van der Waals surface area contributed by atoms with Crippen LogP contribution in [0.4, 0.5) is 0 Å². The molecular formula is C11H15ClO3S. The zero-order valence-corrected chi connectivity index (χ0v) is 10.8. The summed E-state index contributed by atoms with van der Waals surface area (Å²) in [5.41, 5.74) is 1.56. The number of rotatable bonds is 4. The molecule has 0 aliphatic rings. The van der Waals surface area contributed by atoms with Crippen molar-refractivity contribution >= 4 is 21.4 Å². The van der Waals surface area contributed by atoms with Crippen molar-refractivity contribution in [3.63, 3.8) is 0 Å². The molecule has 0 unspecified atom stereocenters. The van der Waals surface area contributed by atoms with Crippen LogP contribution < -0.4 is 0 Å². The molecule has 0 saturated heterocycles. The highest BCUT2D eigenvalue weighted by molar-refractivity contribution is 7.93. The lowest BCUT2D eigenvalue weighted by molar-refractivity contribution is 0.191. The number of hydrogen-bond acceptors (Lipinski definition) is 3. The molecule has 0 saturated carbocycles. The fourth-order valence-corrected chi connectivity index (χ4v) is 2.66. The van der Waals surface area contributed by atoms with Crippen molar-refractivity contribution in [3.05, 3.63) is 35.4 Å². The lowest BCUT2D eigenvalue weighted by Crippen LogP contribution is -2.24. The van der Waals surface area contributed by atoms with Crippen molar-refractivity contribution in [1.82, 2.24) is 0 Å². The average Bonchev–Trinajstić information content (AvgIpc) is 2.28. The molecule has 0 aliphatic carbocycles. The molecule has 1 aromatic carbocycles. The second-order valence-corrected chi connectivity index (χ2v) is 6.80. The topological polar surface area (TPSA) is 54.4 Å². The van der Waals surface area contributed by atoms with E-state index in [2.05, 4.69) is 0 Å². The van der Waals surface area contributed by atoms with Gasteiger partial charge in [-0.2, -0.15) is 0 Å². The number of sulfone groups is 1. The number of aliphatic hydroxyl groups is 1. The van der Waals surface area contributed by atoms with Crippen molar-refractivity contribution in [1.29, 1.82) is 0 Å². The van der Waals surface area contributed by atoms with Crippen molar-refractivity contribution in [3.8, 4) is 0 Å². The maximum atomic E-state index is 11.5. The molecule has 0 amide bonds. The predicted octanol–water partition coefficient (Wildman–Crippen LogP) is 2.03. The minimum atomic E-state index is -3.44. The van der Waals surface area contributed by atoms with E-state index < -0.39 is 20.7 Å². The largest absolute Gasteiger partial charge is 0.386 e. The third kappa shape index (κ3) is 2.97. The number of benzene rings is 1. The SMILES string of the molecule is CCS(=O)(=O)[C@@H](Cl)[C@H](O)c1ccc(C)cc1. The van der Waals surface area contributed by atoms with Gasteiger partial charge in [0.15, 0.2) is 14.5 Å². The first kappa shape index (κ1) is 13.5. The third-order valence-corrected chi connectivity index (χ3v) is 5.21. The van der Waals surface area contributed by atoms with Crippen LogP contribution in [0.3, 0.4) is 0 Å². The maximum Gasteiger partial charge on any atom is 0.169 e. The summed E-state index contributed by atoms with van der Waals surface area (Å²) in [5, 5.41) is 9.84. The molecule has 0 bridgehead atoms. The first-order valence-electron chi connectivity index (χ1n) is 4.98. The Morgan fingerprint density at radius 2 is 1.81 bits per heavy atom. The van der Waals surface area contributed by atoms with E-state index in [9.17, 15) is 13.5 Å². The van der Waals surface area contributed by atoms with Crippen LogP contribution >= 0.6 is 11.6 Å². The zero-order chi connectivity index (χ0) is 12.3. The number of alkyl halides is 1. The van der Waals surface area contributed by atoms with Crippen molar-refractivity contribution in [2.75, 3.05) is 5.75 Å². The van der Waals surface area contributed by atoms with Crippen LogP contribution in [0, 0.1) is 6.92 Å². The molecule has 0 aromatic heterocycles. The van der Waals surface area contributed by atoms with Gasteiger partial charge >= 0.3 is 0 Å². The second-order valence-electron chi connectivity index (χ2n) is 3.66. The van der Waals surface area contributed by atoms with Crippen LogP contribution in [-0.2, 0) is 9.84 Å². The first-order valence-corrected chi connectivity index (χ1v) is 7.14. The normalized spacial score (nSPS) is 15.8. The number of aryl methyl sites for hydroxylation is 1. The van der Waals surface area contributed by atoms with E-state index in [0.717, 1.165) is 5.56 Å². The minimum absolute atomic E-state index is 0.0793. The Morgan fingerprint density at radius 1 is 1.31 bits per heavy atom. The quantitative estimate of drug-likeness (QED) is 0.845. The summed E-state index contributed by atoms with van der Waals surface area (Å²) >= 11 is 5.76. The second kappa shape index (κ2) is 5.17. The van der Waals surface area contributed by atoms with Gasteiger partial charge in [-0.15, -0.1) is 11.6 Å². The van der Waals surface area contributed by atoms with E-state index >= 15 is 0 Å². The molecule has 2 atom stereocenters. The molecule has 0 heterocycles. The van der Waals surface area contributed by atoms with Crippen LogP contribution in [-0.4, -0.2) is 24.0 Å². The Bertz CT molecular complexity index is 439. The number of halogens is 1. The van der Waals surface area contributed by atoms with Gasteiger partial charge in [-0.25, -0.2) is 8.42 Å². The molecule has 0 spiro atoms. The highest BCUT2D eigenvalue weighted by Gasteiger charge is 2.29. The Morgan fingerprint density at radius 3 is 2.25 bits per heavy atom. The lowest BCUT2D eigenvalue weighted by atomic mass is 10.1. The Labute approximate surface area is 101 Å². The van der Waals surface area contributed by atoms with Gasteiger partial charge in [0.25, 0.3) is 0 Å². The van der Waals surface area contributed by atoms with Gasteiger partial charge in [0, 0.05) is 5.75 Å². The molecule has 1 rings (SSSR count). The fourth-order valence-electron chi connectivity index (χ4n) is 1.27. The van der Waals surface area contributed by atoms with E-state index in [-0.39, 0.29) is 5.75 Å². The number of aliphatic hydroxyl groups excluding tert-OH is 1. The zero-order valence-electron chi connectivity index (χ0n) is 9.22. The van der Waals surface area contributed by atoms with Gasteiger partial charge in [0.05, 0.1) is 0 Å². The van der Waals surface area contributed by atoms with Gasteiger partial charge in [-0.3, -0.25) is 0 Å². The van der Waals surface area contributed by atoms with Crippen molar-refractivity contribution in [2.24, 2.45) is 0 Å². The molecule has 0 fully saturated rings. The highest BCUT2D eigenvalue weighted by Crippen LogP contribution is 2.25. The minimum Gasteiger partial charge on any atom is -0.386 e. The monoisotopic (exact) mass is 262 g/mol. The standard InChI is InChI=1S/C11H15ClO3S/c1-3-16(14,15)11(12)10(13)9-6-4-8(2)5-7-9/h4-7,10-11,13H,3H2,1-2H3/t10-,11-/m1/s1. The molecule has 1 N–H and O–H groups in total. The van der Waals surface area contributed by atoms with Crippen molar-refractivity contribution < 1.29 is 13.5 Å². The maximum absolute atomic E-state index is 11.5. The smallest absolute Gasteiger partial charge is 0.169 e. The van der Waals surface area contributed by atoms with Gasteiger partial charge in [0.2, 0.25) is 0 Å². The van der Waals surface area contributed by atoms with Crippen LogP contribution in [0.1, 0.15) is 24.2 Å². The van der Waals surface area contributed by atoms with E-state index in [4.69, 9.17) is 11.6 Å². The van der Waals surface area contributed by atoms with Gasteiger partial charge in [-0.05, 0) is 12.5 Å². The summed E-state index contributed by atoms with van der Waals surface area (Å²) < 4.78 is 21.7. The molecule has 5 heteroatoms. The van der Waals surface area contributed by atoms with Crippen LogP contribution in [0.15, 0.2) is 24.3 Å². The predicted molar refractivity (Wildman–Crippen MR) is 65.2 cm³/mol. The third-order valence-electron chi connectivity index (χ3n) is 2.41. The molecule has 1 aromatic rings. The van der Waals surface area contributed by atoms with Gasteiger partial charge in [0.1, 0.15) is 6.10 Å². The molecule has 0 aliphatic heterocycles. The number of hydrogen-bond donors (Lipinski definition) is 1. The van der Waals surface area contributed by atoms with Crippen LogP contribution in [0.5, 0.6) is 0 Å². The summed E-state index contributed by atoms with van der Waals surface area (Å²) in [6, 6.07) is 6.97. The van der Waals surface area contributed by atoms with Crippen LogP contribution in [0.25, 0.3) is 0 Å². The average molecular weight is 263 g/mol. The van der Waals surface area contributed by atoms with Gasteiger partial charge in [-0.1, -0.05) is 36.8 Å². The molecule has 3 nitrogen and oxygen atoms in total. The molecule has 16 heavy (non-hydrogen) atoms. The summed E-state index contributed by atoms with van der Waals surface area (Å²) in [6.07, 6.45) is -1.19. The molecular weight excluding hydrogens is 248 g/mol. The van der Waals surface area contributed by atoms with E-state index in [1.807, 2.05) is 6.92 Å². The van der Waals surface area contributed by atoms with Crippen molar-refractivity contribution in [2.45, 2.75) is 24.7 Å². The Hall–Kier alpha value is -0.580. The first-order chi connectivity index (χ1) is 7.38. The highest BCUT2D eigenvalue weighted by atomic mass is 35.5. The summed E-state index contributed by atoms with van der Waals surface area (Å²) in [7, 11) is -3.44. The lowest BCUT2D eigenvalue weighted by Gasteiger charge is -2.17. The summed E-state index contributed by atoms with van der Waals surface area (Å²) in [6.45, 7) is 3.42. The Balaban J connectivity index is 2.94. The fraction of sp³-hybridized carbons (Fsp3) is 0.455. The van der Waals surface area contributed by atoms with Gasteiger partial charge < -0.3 is 5.11 Å².